The Hall–Kier alpha value is -4.04. The van der Waals surface area contributed by atoms with Crippen LogP contribution in [0.1, 0.15) is 22.3 Å². The number of amides is 1. The summed E-state index contributed by atoms with van der Waals surface area (Å²) < 4.78 is 63.3. The molecule has 0 saturated carbocycles. The molecule has 0 aliphatic carbocycles. The van der Waals surface area contributed by atoms with Crippen molar-refractivity contribution in [1.82, 2.24) is 19.4 Å². The molecule has 2 saturated heterocycles. The van der Waals surface area contributed by atoms with Crippen LogP contribution < -0.4 is 20.7 Å². The van der Waals surface area contributed by atoms with Crippen molar-refractivity contribution in [2.45, 2.75) is 18.6 Å². The molecular weight excluding hydrogens is 558 g/mol. The van der Waals surface area contributed by atoms with E-state index in [1.165, 1.54) is 31.6 Å². The third-order valence-electron chi connectivity index (χ3n) is 7.59. The molecule has 0 bridgehead atoms. The van der Waals surface area contributed by atoms with Gasteiger partial charge in [0, 0.05) is 75.1 Å². The standard InChI is InChI=1S/C28H31F4N7O3/c1-36(2)18-4-5-39(15-18)24-12-22(29)19(17-13-33-27(34-14-17)38-6-8-42-9-7-38)10-23(24)35-26(41)20-16-37(3)25(40)11-21(20)28(30,31)32/h10-14,16,18H,4-9,15H2,1-3H3,(H,35,41)/t18-/m0/s1. The summed E-state index contributed by atoms with van der Waals surface area (Å²) in [6.07, 6.45) is -0.382. The van der Waals surface area contributed by atoms with Crippen LogP contribution in [0.4, 0.5) is 34.9 Å². The second kappa shape index (κ2) is 11.7. The van der Waals surface area contributed by atoms with E-state index in [0.717, 1.165) is 17.2 Å². The first-order chi connectivity index (χ1) is 19.9. The van der Waals surface area contributed by atoms with Gasteiger partial charge >= 0.3 is 6.18 Å². The highest BCUT2D eigenvalue weighted by molar-refractivity contribution is 6.07. The summed E-state index contributed by atoms with van der Waals surface area (Å²) in [5.74, 6) is -1.22. The zero-order chi connectivity index (χ0) is 30.2. The van der Waals surface area contributed by atoms with E-state index in [9.17, 15) is 22.8 Å². The molecule has 4 heterocycles. The van der Waals surface area contributed by atoms with E-state index >= 15 is 4.39 Å². The van der Waals surface area contributed by atoms with Crippen molar-refractivity contribution in [1.29, 1.82) is 0 Å². The molecule has 2 aliphatic heterocycles. The fourth-order valence-corrected chi connectivity index (χ4v) is 5.15. The molecule has 2 aromatic heterocycles. The van der Waals surface area contributed by atoms with Crippen LogP contribution >= 0.6 is 0 Å². The number of nitrogens with one attached hydrogen (secondary N) is 1. The molecule has 0 spiro atoms. The summed E-state index contributed by atoms with van der Waals surface area (Å²) in [5.41, 5.74) is -2.14. The van der Waals surface area contributed by atoms with E-state index in [0.29, 0.717) is 62.7 Å². The van der Waals surface area contributed by atoms with Crippen molar-refractivity contribution in [3.05, 3.63) is 64.1 Å². The number of carbonyl (C=O) groups excluding carboxylic acids is 1. The lowest BCUT2D eigenvalue weighted by molar-refractivity contribution is -0.138. The lowest BCUT2D eigenvalue weighted by Crippen LogP contribution is -2.37. The normalized spacial score (nSPS) is 17.7. The highest BCUT2D eigenvalue weighted by atomic mass is 19.4. The minimum atomic E-state index is -4.94. The number of morpholine rings is 1. The SMILES string of the molecule is CN(C)[C@H]1CCN(c2cc(F)c(-c3cnc(N4CCOCC4)nc3)cc2NC(=O)c2cn(C)c(=O)cc2C(F)(F)F)C1. The van der Waals surface area contributed by atoms with Gasteiger partial charge < -0.3 is 29.3 Å². The maximum atomic E-state index is 15.6. The van der Waals surface area contributed by atoms with Crippen molar-refractivity contribution < 1.29 is 27.1 Å². The van der Waals surface area contributed by atoms with Crippen LogP contribution in [0.2, 0.25) is 0 Å². The first-order valence-electron chi connectivity index (χ1n) is 13.4. The monoisotopic (exact) mass is 589 g/mol. The lowest BCUT2D eigenvalue weighted by Gasteiger charge is -2.27. The number of likely N-dealkylation sites (N-methyl/N-ethyl adjacent to an activating group) is 1. The van der Waals surface area contributed by atoms with Gasteiger partial charge in [0.05, 0.1) is 35.7 Å². The average Bonchev–Trinajstić information content (AvgIpc) is 3.46. The minimum absolute atomic E-state index is 0.0717. The number of rotatable bonds is 6. The van der Waals surface area contributed by atoms with E-state index in [1.54, 1.807) is 0 Å². The molecular formula is C28H31F4N7O3. The van der Waals surface area contributed by atoms with Crippen molar-refractivity contribution >= 4 is 23.2 Å². The predicted molar refractivity (Wildman–Crippen MR) is 149 cm³/mol. The Bertz CT molecular complexity index is 1520. The number of benzene rings is 1. The second-order valence-electron chi connectivity index (χ2n) is 10.6. The first-order valence-corrected chi connectivity index (χ1v) is 13.4. The Kier molecular flexibility index (Phi) is 8.19. The van der Waals surface area contributed by atoms with E-state index < -0.39 is 34.6 Å². The van der Waals surface area contributed by atoms with Gasteiger partial charge in [-0.15, -0.1) is 0 Å². The minimum Gasteiger partial charge on any atom is -0.378 e. The molecule has 5 rings (SSSR count). The molecule has 0 radical (unpaired) electrons. The summed E-state index contributed by atoms with van der Waals surface area (Å²) >= 11 is 0. The van der Waals surface area contributed by atoms with Crippen LogP contribution in [0.3, 0.4) is 0 Å². The van der Waals surface area contributed by atoms with Crippen molar-refractivity contribution in [3.8, 4) is 11.1 Å². The molecule has 0 unspecified atom stereocenters. The Balaban J connectivity index is 1.54. The van der Waals surface area contributed by atoms with E-state index in [4.69, 9.17) is 4.74 Å². The van der Waals surface area contributed by atoms with Crippen molar-refractivity contribution in [2.24, 2.45) is 7.05 Å². The molecule has 10 nitrogen and oxygen atoms in total. The van der Waals surface area contributed by atoms with Crippen molar-refractivity contribution in [3.63, 3.8) is 0 Å². The molecule has 14 heteroatoms. The number of carbonyl (C=O) groups is 1. The maximum absolute atomic E-state index is 15.6. The fourth-order valence-electron chi connectivity index (χ4n) is 5.15. The predicted octanol–water partition coefficient (Wildman–Crippen LogP) is 3.23. The van der Waals surface area contributed by atoms with Gasteiger partial charge in [0.15, 0.2) is 0 Å². The van der Waals surface area contributed by atoms with E-state index in [-0.39, 0.29) is 17.3 Å². The number of pyridine rings is 1. The Morgan fingerprint density at radius 1 is 1.07 bits per heavy atom. The zero-order valence-electron chi connectivity index (χ0n) is 23.4. The van der Waals surface area contributed by atoms with Crippen LogP contribution in [-0.2, 0) is 18.0 Å². The topological polar surface area (TPSA) is 95.8 Å². The smallest absolute Gasteiger partial charge is 0.378 e. The third-order valence-corrected chi connectivity index (χ3v) is 7.59. The Morgan fingerprint density at radius 2 is 1.76 bits per heavy atom. The second-order valence-corrected chi connectivity index (χ2v) is 10.6. The summed E-state index contributed by atoms with van der Waals surface area (Å²) in [5, 5.41) is 2.57. The van der Waals surface area contributed by atoms with Crippen LogP contribution in [-0.4, -0.2) is 84.9 Å². The molecule has 1 aromatic carbocycles. The average molecular weight is 590 g/mol. The van der Waals surface area contributed by atoms with Gasteiger partial charge in [-0.05, 0) is 32.6 Å². The van der Waals surface area contributed by atoms with Crippen LogP contribution in [0, 0.1) is 5.82 Å². The number of aromatic nitrogens is 3. The number of alkyl halides is 3. The highest BCUT2D eigenvalue weighted by Crippen LogP contribution is 2.37. The summed E-state index contributed by atoms with van der Waals surface area (Å²) in [6, 6.07) is 3.21. The summed E-state index contributed by atoms with van der Waals surface area (Å²) in [7, 11) is 5.12. The van der Waals surface area contributed by atoms with Crippen LogP contribution in [0.25, 0.3) is 11.1 Å². The molecule has 3 aromatic rings. The zero-order valence-corrected chi connectivity index (χ0v) is 23.4. The van der Waals surface area contributed by atoms with Gasteiger partial charge in [-0.1, -0.05) is 0 Å². The van der Waals surface area contributed by atoms with E-state index in [2.05, 4.69) is 15.3 Å². The molecule has 1 atom stereocenters. The first kappa shape index (κ1) is 29.5. The summed E-state index contributed by atoms with van der Waals surface area (Å²) in [6.45, 7) is 3.40. The largest absolute Gasteiger partial charge is 0.417 e. The molecule has 1 amide bonds. The maximum Gasteiger partial charge on any atom is 0.417 e. The third kappa shape index (κ3) is 6.09. The number of nitrogens with zero attached hydrogens (tertiary/aromatic N) is 6. The molecule has 2 aliphatic rings. The molecule has 1 N–H and O–H groups in total. The number of hydrogen-bond donors (Lipinski definition) is 1. The Labute approximate surface area is 239 Å². The van der Waals surface area contributed by atoms with Crippen molar-refractivity contribution in [2.75, 3.05) is 68.6 Å². The van der Waals surface area contributed by atoms with Gasteiger partial charge in [-0.2, -0.15) is 13.2 Å². The van der Waals surface area contributed by atoms with E-state index in [1.807, 2.05) is 28.8 Å². The quantitative estimate of drug-likeness (QED) is 0.438. The van der Waals surface area contributed by atoms with Gasteiger partial charge in [-0.3, -0.25) is 9.59 Å². The molecule has 2 fully saturated rings. The van der Waals surface area contributed by atoms with Crippen LogP contribution in [0.15, 0.2) is 41.6 Å². The molecule has 224 valence electrons. The number of aryl methyl sites for hydroxylation is 1. The lowest BCUT2D eigenvalue weighted by atomic mass is 10.0. The van der Waals surface area contributed by atoms with Crippen LogP contribution in [0.5, 0.6) is 0 Å². The summed E-state index contributed by atoms with van der Waals surface area (Å²) in [4.78, 5) is 39.9. The van der Waals surface area contributed by atoms with Gasteiger partial charge in [0.1, 0.15) is 5.82 Å². The highest BCUT2D eigenvalue weighted by Gasteiger charge is 2.37. The number of halogens is 4. The number of ether oxygens (including phenoxy) is 1. The molecule has 42 heavy (non-hydrogen) atoms. The van der Waals surface area contributed by atoms with Gasteiger partial charge in [0.2, 0.25) is 5.95 Å². The number of anilines is 3. The van der Waals surface area contributed by atoms with Gasteiger partial charge in [-0.25, -0.2) is 14.4 Å². The Morgan fingerprint density at radius 3 is 2.38 bits per heavy atom. The number of hydrogen-bond acceptors (Lipinski definition) is 8. The fraction of sp³-hybridized carbons (Fsp3) is 0.429. The van der Waals surface area contributed by atoms with Gasteiger partial charge in [0.25, 0.3) is 11.5 Å².